The van der Waals surface area contributed by atoms with Gasteiger partial charge >= 0.3 is 0 Å². The van der Waals surface area contributed by atoms with Crippen LogP contribution >= 0.6 is 0 Å². The van der Waals surface area contributed by atoms with E-state index in [4.69, 9.17) is 10.8 Å². The molecule has 1 aliphatic carbocycles. The zero-order chi connectivity index (χ0) is 14.8. The molecule has 1 aromatic rings. The molecule has 1 unspecified atom stereocenters. The minimum atomic E-state index is -3.56. The van der Waals surface area contributed by atoms with E-state index in [1.54, 1.807) is 18.2 Å². The van der Waals surface area contributed by atoms with Gasteiger partial charge in [0.15, 0.2) is 0 Å². The largest absolute Gasteiger partial charge is 0.395 e. The van der Waals surface area contributed by atoms with E-state index in [0.29, 0.717) is 0 Å². The van der Waals surface area contributed by atoms with E-state index in [-0.39, 0.29) is 30.1 Å². The molecular formula is C14H22N2O3S. The second-order valence-electron chi connectivity index (χ2n) is 5.29. The zero-order valence-corrected chi connectivity index (χ0v) is 12.5. The Balaban J connectivity index is 2.34. The molecule has 0 heterocycles. The first kappa shape index (κ1) is 15.4. The Kier molecular flexibility index (Phi) is 4.80. The van der Waals surface area contributed by atoms with Crippen molar-refractivity contribution in [1.29, 1.82) is 0 Å². The summed E-state index contributed by atoms with van der Waals surface area (Å²) < 4.78 is 26.8. The van der Waals surface area contributed by atoms with E-state index in [2.05, 4.69) is 0 Å². The van der Waals surface area contributed by atoms with Gasteiger partial charge in [-0.05, 0) is 37.5 Å². The number of rotatable bonds is 6. The lowest BCUT2D eigenvalue weighted by molar-refractivity contribution is 0.178. The molecule has 112 valence electrons. The summed E-state index contributed by atoms with van der Waals surface area (Å²) in [6.45, 7) is 1.81. The summed E-state index contributed by atoms with van der Waals surface area (Å²) in [6, 6.07) is 6.56. The lowest BCUT2D eigenvalue weighted by atomic mass is 9.93. The van der Waals surface area contributed by atoms with Crippen LogP contribution in [0, 0.1) is 0 Å². The van der Waals surface area contributed by atoms with Crippen LogP contribution in [0.15, 0.2) is 29.2 Å². The molecule has 0 spiro atoms. The summed E-state index contributed by atoms with van der Waals surface area (Å²) >= 11 is 0. The van der Waals surface area contributed by atoms with Crippen LogP contribution in [0.3, 0.4) is 0 Å². The molecule has 1 aliphatic rings. The molecule has 1 atom stereocenters. The second kappa shape index (κ2) is 6.22. The third kappa shape index (κ3) is 3.03. The van der Waals surface area contributed by atoms with E-state index in [1.165, 1.54) is 4.31 Å². The average Bonchev–Trinajstić information content (AvgIpc) is 2.36. The van der Waals surface area contributed by atoms with Crippen molar-refractivity contribution < 1.29 is 13.5 Å². The Morgan fingerprint density at radius 2 is 2.15 bits per heavy atom. The highest BCUT2D eigenvalue weighted by Crippen LogP contribution is 2.30. The maximum Gasteiger partial charge on any atom is 0.243 e. The highest BCUT2D eigenvalue weighted by atomic mass is 32.2. The Hall–Kier alpha value is -0.950. The number of aliphatic hydroxyl groups excluding tert-OH is 1. The van der Waals surface area contributed by atoms with Crippen molar-refractivity contribution in [3.63, 3.8) is 0 Å². The number of aliphatic hydroxyl groups is 1. The van der Waals surface area contributed by atoms with Gasteiger partial charge in [-0.25, -0.2) is 8.42 Å². The summed E-state index contributed by atoms with van der Waals surface area (Å²) in [5, 5.41) is 9.13. The monoisotopic (exact) mass is 298 g/mol. The van der Waals surface area contributed by atoms with Crippen LogP contribution in [0.5, 0.6) is 0 Å². The molecule has 0 amide bonds. The van der Waals surface area contributed by atoms with Crippen molar-refractivity contribution in [3.05, 3.63) is 29.8 Å². The molecule has 20 heavy (non-hydrogen) atoms. The zero-order valence-electron chi connectivity index (χ0n) is 11.7. The maximum absolute atomic E-state index is 12.7. The van der Waals surface area contributed by atoms with E-state index in [1.807, 2.05) is 13.0 Å². The molecule has 0 radical (unpaired) electrons. The van der Waals surface area contributed by atoms with Gasteiger partial charge in [-0.3, -0.25) is 0 Å². The van der Waals surface area contributed by atoms with E-state index in [0.717, 1.165) is 24.8 Å². The minimum Gasteiger partial charge on any atom is -0.395 e. The van der Waals surface area contributed by atoms with Crippen LogP contribution in [0.1, 0.15) is 37.8 Å². The SMILES string of the molecule is CC(N)c1cccc(S(=O)(=O)N(CCO)C2CCC2)c1. The van der Waals surface area contributed by atoms with Crippen LogP contribution in [0.4, 0.5) is 0 Å². The number of nitrogens with zero attached hydrogens (tertiary/aromatic N) is 1. The standard InChI is InChI=1S/C14H22N2O3S/c1-11(15)12-4-2-7-14(10-12)20(18,19)16(8-9-17)13-5-3-6-13/h2,4,7,10-11,13,17H,3,5-6,8-9,15H2,1H3. The average molecular weight is 298 g/mol. The Labute approximate surface area is 120 Å². The van der Waals surface area contributed by atoms with Gasteiger partial charge in [0.05, 0.1) is 11.5 Å². The molecule has 0 aliphatic heterocycles. The van der Waals surface area contributed by atoms with Crippen molar-refractivity contribution in [3.8, 4) is 0 Å². The van der Waals surface area contributed by atoms with Crippen molar-refractivity contribution in [1.82, 2.24) is 4.31 Å². The van der Waals surface area contributed by atoms with Crippen LogP contribution in [-0.4, -0.2) is 37.0 Å². The van der Waals surface area contributed by atoms with Crippen molar-refractivity contribution in [2.75, 3.05) is 13.2 Å². The first-order chi connectivity index (χ1) is 9.46. The highest BCUT2D eigenvalue weighted by Gasteiger charge is 2.34. The van der Waals surface area contributed by atoms with E-state index >= 15 is 0 Å². The van der Waals surface area contributed by atoms with Crippen molar-refractivity contribution in [2.45, 2.75) is 43.2 Å². The smallest absolute Gasteiger partial charge is 0.243 e. The molecule has 5 nitrogen and oxygen atoms in total. The number of sulfonamides is 1. The van der Waals surface area contributed by atoms with Crippen LogP contribution in [-0.2, 0) is 10.0 Å². The third-order valence-electron chi connectivity index (χ3n) is 3.79. The molecule has 1 aromatic carbocycles. The van der Waals surface area contributed by atoms with Gasteiger partial charge in [-0.2, -0.15) is 4.31 Å². The number of nitrogens with two attached hydrogens (primary N) is 1. The van der Waals surface area contributed by atoms with Gasteiger partial charge in [0, 0.05) is 18.6 Å². The molecule has 1 fully saturated rings. The third-order valence-corrected chi connectivity index (χ3v) is 5.74. The molecule has 2 rings (SSSR count). The predicted octanol–water partition coefficient (Wildman–Crippen LogP) is 1.24. The first-order valence-electron chi connectivity index (χ1n) is 6.95. The van der Waals surface area contributed by atoms with E-state index in [9.17, 15) is 8.42 Å². The van der Waals surface area contributed by atoms with Gasteiger partial charge in [-0.1, -0.05) is 18.6 Å². The van der Waals surface area contributed by atoms with Gasteiger partial charge in [0.1, 0.15) is 0 Å². The molecule has 3 N–H and O–H groups in total. The van der Waals surface area contributed by atoms with Gasteiger partial charge < -0.3 is 10.8 Å². The number of hydrogen-bond donors (Lipinski definition) is 2. The van der Waals surface area contributed by atoms with Crippen LogP contribution in [0.2, 0.25) is 0 Å². The molecular weight excluding hydrogens is 276 g/mol. The van der Waals surface area contributed by atoms with Gasteiger partial charge in [-0.15, -0.1) is 0 Å². The van der Waals surface area contributed by atoms with Gasteiger partial charge in [0.25, 0.3) is 0 Å². The fourth-order valence-corrected chi connectivity index (χ4v) is 4.10. The Bertz CT molecular complexity index is 553. The Morgan fingerprint density at radius 3 is 2.65 bits per heavy atom. The fourth-order valence-electron chi connectivity index (χ4n) is 2.37. The molecule has 0 saturated heterocycles. The van der Waals surface area contributed by atoms with Crippen molar-refractivity contribution in [2.24, 2.45) is 5.73 Å². The van der Waals surface area contributed by atoms with Crippen molar-refractivity contribution >= 4 is 10.0 Å². The summed E-state index contributed by atoms with van der Waals surface area (Å²) in [5.41, 5.74) is 6.60. The summed E-state index contributed by atoms with van der Waals surface area (Å²) in [6.07, 6.45) is 2.78. The molecule has 1 saturated carbocycles. The number of benzene rings is 1. The van der Waals surface area contributed by atoms with Crippen LogP contribution < -0.4 is 5.73 Å². The predicted molar refractivity (Wildman–Crippen MR) is 77.7 cm³/mol. The number of hydrogen-bond acceptors (Lipinski definition) is 4. The maximum atomic E-state index is 12.7. The van der Waals surface area contributed by atoms with Crippen LogP contribution in [0.25, 0.3) is 0 Å². The quantitative estimate of drug-likeness (QED) is 0.827. The summed E-state index contributed by atoms with van der Waals surface area (Å²) in [7, 11) is -3.56. The first-order valence-corrected chi connectivity index (χ1v) is 8.39. The molecule has 0 aromatic heterocycles. The molecule has 6 heteroatoms. The topological polar surface area (TPSA) is 83.6 Å². The summed E-state index contributed by atoms with van der Waals surface area (Å²) in [5.74, 6) is 0. The normalized spacial score (nSPS) is 18.0. The lowest BCUT2D eigenvalue weighted by Gasteiger charge is -2.36. The lowest BCUT2D eigenvalue weighted by Crippen LogP contribution is -2.45. The minimum absolute atomic E-state index is 0.0195. The molecule has 0 bridgehead atoms. The van der Waals surface area contributed by atoms with E-state index < -0.39 is 10.0 Å². The second-order valence-corrected chi connectivity index (χ2v) is 7.18. The Morgan fingerprint density at radius 1 is 1.45 bits per heavy atom. The summed E-state index contributed by atoms with van der Waals surface area (Å²) in [4.78, 5) is 0.257. The van der Waals surface area contributed by atoms with Gasteiger partial charge in [0.2, 0.25) is 10.0 Å². The fraction of sp³-hybridized carbons (Fsp3) is 0.571. The highest BCUT2D eigenvalue weighted by molar-refractivity contribution is 7.89.